The molecule has 5 heteroatoms. The Hall–Kier alpha value is -1.78. The van der Waals surface area contributed by atoms with Crippen LogP contribution in [0.15, 0.2) is 23.2 Å². The second-order valence-corrected chi connectivity index (χ2v) is 5.13. The minimum Gasteiger partial charge on any atom is -0.490 e. The van der Waals surface area contributed by atoms with E-state index in [4.69, 9.17) is 4.74 Å². The molecule has 110 valence electrons. The van der Waals surface area contributed by atoms with E-state index in [1.54, 1.807) is 20.2 Å². The van der Waals surface area contributed by atoms with Crippen LogP contribution in [0, 0.1) is 11.7 Å². The van der Waals surface area contributed by atoms with Crippen molar-refractivity contribution in [3.8, 4) is 5.75 Å². The van der Waals surface area contributed by atoms with Gasteiger partial charge in [-0.3, -0.25) is 4.99 Å². The average molecular weight is 279 g/mol. The number of hydrogen-bond acceptors (Lipinski definition) is 2. The van der Waals surface area contributed by atoms with Crippen LogP contribution in [0.4, 0.5) is 4.39 Å². The van der Waals surface area contributed by atoms with Gasteiger partial charge in [0.1, 0.15) is 0 Å². The van der Waals surface area contributed by atoms with Crippen LogP contribution in [0.5, 0.6) is 5.75 Å². The average Bonchev–Trinajstić information content (AvgIpc) is 3.27. The minimum atomic E-state index is -0.309. The lowest BCUT2D eigenvalue weighted by molar-refractivity contribution is 0.285. The zero-order valence-electron chi connectivity index (χ0n) is 12.2. The van der Waals surface area contributed by atoms with Crippen molar-refractivity contribution in [3.63, 3.8) is 0 Å². The molecule has 1 aromatic rings. The lowest BCUT2D eigenvalue weighted by atomic mass is 10.1. The third-order valence-corrected chi connectivity index (χ3v) is 3.44. The van der Waals surface area contributed by atoms with E-state index in [9.17, 15) is 4.39 Å². The molecule has 2 N–H and O–H groups in total. The number of hydrogen-bond donors (Lipinski definition) is 2. The summed E-state index contributed by atoms with van der Waals surface area (Å²) in [5.41, 5.74) is 0.859. The van der Waals surface area contributed by atoms with Crippen molar-refractivity contribution in [1.29, 1.82) is 0 Å². The monoisotopic (exact) mass is 279 g/mol. The van der Waals surface area contributed by atoms with Crippen LogP contribution in [0.3, 0.4) is 0 Å². The zero-order chi connectivity index (χ0) is 14.5. The first-order valence-corrected chi connectivity index (χ1v) is 6.97. The summed E-state index contributed by atoms with van der Waals surface area (Å²) in [5, 5.41) is 6.11. The van der Waals surface area contributed by atoms with E-state index in [0.29, 0.717) is 24.2 Å². The van der Waals surface area contributed by atoms with Gasteiger partial charge in [0.25, 0.3) is 0 Å². The molecule has 1 fully saturated rings. The second-order valence-electron chi connectivity index (χ2n) is 5.13. The molecule has 20 heavy (non-hydrogen) atoms. The van der Waals surface area contributed by atoms with Gasteiger partial charge < -0.3 is 15.4 Å². The summed E-state index contributed by atoms with van der Waals surface area (Å²) in [4.78, 5) is 4.04. The van der Waals surface area contributed by atoms with E-state index in [1.807, 2.05) is 13.0 Å². The van der Waals surface area contributed by atoms with E-state index in [1.165, 1.54) is 18.9 Å². The summed E-state index contributed by atoms with van der Waals surface area (Å²) in [6.07, 6.45) is 2.40. The van der Waals surface area contributed by atoms with Crippen LogP contribution < -0.4 is 15.4 Å². The van der Waals surface area contributed by atoms with Crippen LogP contribution in [-0.2, 0) is 0 Å². The number of ether oxygens (including phenoxy) is 1. The van der Waals surface area contributed by atoms with E-state index in [2.05, 4.69) is 15.6 Å². The standard InChI is InChI=1S/C15H22FN3O/c1-10(19-15(17-2)18-3)12-6-7-14(13(16)8-12)20-9-11-4-5-11/h6-8,10-11H,4-5,9H2,1-3H3,(H2,17,18,19). The lowest BCUT2D eigenvalue weighted by Gasteiger charge is -2.17. The van der Waals surface area contributed by atoms with Crippen molar-refractivity contribution in [2.45, 2.75) is 25.8 Å². The molecule has 0 heterocycles. The summed E-state index contributed by atoms with van der Waals surface area (Å²) >= 11 is 0. The van der Waals surface area contributed by atoms with E-state index in [-0.39, 0.29) is 11.9 Å². The summed E-state index contributed by atoms with van der Waals surface area (Å²) in [7, 11) is 3.48. The number of halogens is 1. The predicted molar refractivity (Wildman–Crippen MR) is 78.6 cm³/mol. The van der Waals surface area contributed by atoms with Gasteiger partial charge in [0, 0.05) is 14.1 Å². The molecule has 1 aromatic carbocycles. The highest BCUT2D eigenvalue weighted by molar-refractivity contribution is 5.79. The summed E-state index contributed by atoms with van der Waals surface area (Å²) in [6, 6.07) is 5.07. The maximum absolute atomic E-state index is 14.0. The van der Waals surface area contributed by atoms with Crippen molar-refractivity contribution in [2.24, 2.45) is 10.9 Å². The van der Waals surface area contributed by atoms with Crippen molar-refractivity contribution in [1.82, 2.24) is 10.6 Å². The molecule has 0 aliphatic heterocycles. The van der Waals surface area contributed by atoms with Crippen molar-refractivity contribution >= 4 is 5.96 Å². The Labute approximate surface area is 119 Å². The van der Waals surface area contributed by atoms with Crippen molar-refractivity contribution < 1.29 is 9.13 Å². The Bertz CT molecular complexity index is 486. The predicted octanol–water partition coefficient (Wildman–Crippen LogP) is 2.47. The molecule has 0 amide bonds. The molecule has 2 rings (SSSR count). The molecule has 1 aliphatic carbocycles. The highest BCUT2D eigenvalue weighted by Crippen LogP contribution is 2.30. The van der Waals surface area contributed by atoms with Gasteiger partial charge in [-0.05, 0) is 43.4 Å². The number of guanidine groups is 1. The first kappa shape index (κ1) is 14.6. The van der Waals surface area contributed by atoms with Crippen LogP contribution in [0.25, 0.3) is 0 Å². The number of aliphatic imine (C=N–C) groups is 1. The third-order valence-electron chi connectivity index (χ3n) is 3.44. The highest BCUT2D eigenvalue weighted by atomic mass is 19.1. The zero-order valence-corrected chi connectivity index (χ0v) is 12.2. The largest absolute Gasteiger partial charge is 0.490 e. The molecule has 0 saturated heterocycles. The molecule has 0 bridgehead atoms. The van der Waals surface area contributed by atoms with Gasteiger partial charge in [-0.2, -0.15) is 0 Å². The van der Waals surface area contributed by atoms with Gasteiger partial charge >= 0.3 is 0 Å². The van der Waals surface area contributed by atoms with Gasteiger partial charge in [-0.25, -0.2) is 4.39 Å². The molecule has 1 unspecified atom stereocenters. The van der Waals surface area contributed by atoms with Crippen LogP contribution in [-0.4, -0.2) is 26.7 Å². The normalized spacial score (nSPS) is 16.7. The molecular weight excluding hydrogens is 257 g/mol. The quantitative estimate of drug-likeness (QED) is 0.643. The van der Waals surface area contributed by atoms with Crippen LogP contribution in [0.1, 0.15) is 31.4 Å². The van der Waals surface area contributed by atoms with Gasteiger partial charge in [-0.15, -0.1) is 0 Å². The fourth-order valence-electron chi connectivity index (χ4n) is 1.93. The topological polar surface area (TPSA) is 45.7 Å². The van der Waals surface area contributed by atoms with Gasteiger partial charge in [-0.1, -0.05) is 6.07 Å². The highest BCUT2D eigenvalue weighted by Gasteiger charge is 2.22. The molecule has 0 radical (unpaired) electrons. The SMILES string of the molecule is CN=C(NC)NC(C)c1ccc(OCC2CC2)c(F)c1. The van der Waals surface area contributed by atoms with E-state index < -0.39 is 0 Å². The molecule has 0 aromatic heterocycles. The van der Waals surface area contributed by atoms with Gasteiger partial charge in [0.2, 0.25) is 0 Å². The fourth-order valence-corrected chi connectivity index (χ4v) is 1.93. The Morgan fingerprint density at radius 3 is 2.80 bits per heavy atom. The minimum absolute atomic E-state index is 0.0341. The number of nitrogens with zero attached hydrogens (tertiary/aromatic N) is 1. The second kappa shape index (κ2) is 6.59. The van der Waals surface area contributed by atoms with E-state index >= 15 is 0 Å². The Morgan fingerprint density at radius 1 is 1.50 bits per heavy atom. The maximum Gasteiger partial charge on any atom is 0.191 e. The number of nitrogens with one attached hydrogen (secondary N) is 2. The van der Waals surface area contributed by atoms with Crippen LogP contribution >= 0.6 is 0 Å². The molecule has 1 atom stereocenters. The summed E-state index contributed by atoms with van der Waals surface area (Å²) in [6.45, 7) is 2.58. The molecular formula is C15H22FN3O. The molecule has 0 spiro atoms. The Balaban J connectivity index is 1.99. The van der Waals surface area contributed by atoms with Gasteiger partial charge in [0.15, 0.2) is 17.5 Å². The van der Waals surface area contributed by atoms with Crippen molar-refractivity contribution in [2.75, 3.05) is 20.7 Å². The van der Waals surface area contributed by atoms with E-state index in [0.717, 1.165) is 5.56 Å². The first-order chi connectivity index (χ1) is 9.63. The van der Waals surface area contributed by atoms with Crippen molar-refractivity contribution in [3.05, 3.63) is 29.6 Å². The molecule has 4 nitrogen and oxygen atoms in total. The maximum atomic E-state index is 14.0. The fraction of sp³-hybridized carbons (Fsp3) is 0.533. The van der Waals surface area contributed by atoms with Crippen LogP contribution in [0.2, 0.25) is 0 Å². The third kappa shape index (κ3) is 3.85. The van der Waals surface area contributed by atoms with Gasteiger partial charge in [0.05, 0.1) is 12.6 Å². The number of benzene rings is 1. The molecule has 1 saturated carbocycles. The molecule has 1 aliphatic rings. The lowest BCUT2D eigenvalue weighted by Crippen LogP contribution is -2.36. The Morgan fingerprint density at radius 2 is 2.25 bits per heavy atom. The summed E-state index contributed by atoms with van der Waals surface area (Å²) in [5.74, 6) is 1.32. The Kier molecular flexibility index (Phi) is 4.82. The smallest absolute Gasteiger partial charge is 0.191 e. The summed E-state index contributed by atoms with van der Waals surface area (Å²) < 4.78 is 19.5. The number of rotatable bonds is 5. The first-order valence-electron chi connectivity index (χ1n) is 6.97.